The third-order valence-electron chi connectivity index (χ3n) is 3.46. The summed E-state index contributed by atoms with van der Waals surface area (Å²) in [4.78, 5) is 4.06. The molecule has 0 spiro atoms. The van der Waals surface area contributed by atoms with E-state index in [-0.39, 0.29) is 26.7 Å². The van der Waals surface area contributed by atoms with Gasteiger partial charge in [-0.25, -0.2) is 4.98 Å². The van der Waals surface area contributed by atoms with E-state index < -0.39 is 17.5 Å². The lowest BCUT2D eigenvalue weighted by Crippen LogP contribution is -2.03. The lowest BCUT2D eigenvalue weighted by atomic mass is 10.1. The van der Waals surface area contributed by atoms with Crippen LogP contribution in [-0.2, 0) is 6.18 Å². The summed E-state index contributed by atoms with van der Waals surface area (Å²) in [5.41, 5.74) is -0.774. The van der Waals surface area contributed by atoms with Crippen LogP contribution in [0, 0.1) is 11.3 Å². The normalized spacial score (nSPS) is 12.8. The Kier molecular flexibility index (Phi) is 4.84. The van der Waals surface area contributed by atoms with Crippen LogP contribution in [-0.4, -0.2) is 10.1 Å². The Hall–Kier alpha value is -2.27. The van der Waals surface area contributed by atoms with Gasteiger partial charge in [-0.15, -0.1) is 11.3 Å². The van der Waals surface area contributed by atoms with Gasteiger partial charge in [0.25, 0.3) is 0 Å². The third-order valence-corrected chi connectivity index (χ3v) is 5.07. The summed E-state index contributed by atoms with van der Waals surface area (Å²) < 4.78 is 38.9. The van der Waals surface area contributed by atoms with Crippen molar-refractivity contribution in [1.29, 1.82) is 5.26 Å². The summed E-state index contributed by atoms with van der Waals surface area (Å²) >= 11 is 12.8. The van der Waals surface area contributed by atoms with Crippen molar-refractivity contribution in [3.05, 3.63) is 62.6 Å². The van der Waals surface area contributed by atoms with E-state index >= 15 is 0 Å². The lowest BCUT2D eigenvalue weighted by Gasteiger charge is -2.05. The number of allylic oxidation sites excluding steroid dienone is 1. The molecule has 0 aliphatic carbocycles. The summed E-state index contributed by atoms with van der Waals surface area (Å²) in [6, 6.07) is 9.27. The molecule has 0 saturated carbocycles. The number of nitrogens with zero attached hydrogens (tertiary/aromatic N) is 2. The summed E-state index contributed by atoms with van der Waals surface area (Å²) in [6.07, 6.45) is -4.50. The first-order valence-electron chi connectivity index (χ1n) is 6.97. The van der Waals surface area contributed by atoms with E-state index in [0.29, 0.717) is 9.72 Å². The smallest absolute Gasteiger partial charge is 0.416 e. The molecule has 2 aromatic carbocycles. The molecule has 26 heavy (non-hydrogen) atoms. The molecule has 0 unspecified atom stereocenters. The van der Waals surface area contributed by atoms with Gasteiger partial charge in [0, 0.05) is 10.6 Å². The van der Waals surface area contributed by atoms with E-state index in [4.69, 9.17) is 23.2 Å². The monoisotopic (exact) mass is 414 g/mol. The first-order valence-corrected chi connectivity index (χ1v) is 8.55. The van der Waals surface area contributed by atoms with Crippen LogP contribution < -0.4 is 0 Å². The second kappa shape index (κ2) is 6.80. The van der Waals surface area contributed by atoms with Gasteiger partial charge in [0.15, 0.2) is 0 Å². The number of halogens is 5. The van der Waals surface area contributed by atoms with E-state index in [2.05, 4.69) is 4.98 Å². The van der Waals surface area contributed by atoms with Crippen LogP contribution in [0.2, 0.25) is 10.0 Å². The van der Waals surface area contributed by atoms with Crippen molar-refractivity contribution < 1.29 is 18.3 Å². The Morgan fingerprint density at radius 2 is 1.88 bits per heavy atom. The highest BCUT2D eigenvalue weighted by molar-refractivity contribution is 7.19. The van der Waals surface area contributed by atoms with Gasteiger partial charge < -0.3 is 5.11 Å². The zero-order valence-electron chi connectivity index (χ0n) is 12.6. The summed E-state index contributed by atoms with van der Waals surface area (Å²) in [7, 11) is 0. The van der Waals surface area contributed by atoms with E-state index in [9.17, 15) is 23.5 Å². The summed E-state index contributed by atoms with van der Waals surface area (Å²) in [5, 5.41) is 20.4. The molecule has 0 amide bonds. The average molecular weight is 415 g/mol. The molecule has 3 rings (SSSR count). The average Bonchev–Trinajstić information content (AvgIpc) is 2.97. The number of rotatable bonds is 2. The van der Waals surface area contributed by atoms with Gasteiger partial charge in [0.1, 0.15) is 22.4 Å². The molecular weight excluding hydrogens is 408 g/mol. The fraction of sp³-hybridized carbons (Fsp3) is 0.0588. The summed E-state index contributed by atoms with van der Waals surface area (Å²) in [5.74, 6) is -0.427. The van der Waals surface area contributed by atoms with Crippen LogP contribution in [0.5, 0.6) is 0 Å². The molecule has 1 aromatic heterocycles. The molecule has 3 aromatic rings. The maximum absolute atomic E-state index is 12.8. The number of nitriles is 1. The molecule has 0 saturated heterocycles. The Morgan fingerprint density at radius 3 is 2.50 bits per heavy atom. The van der Waals surface area contributed by atoms with Gasteiger partial charge in [0.2, 0.25) is 0 Å². The molecule has 1 N–H and O–H groups in total. The maximum Gasteiger partial charge on any atom is 0.416 e. The quantitative estimate of drug-likeness (QED) is 0.380. The molecule has 132 valence electrons. The van der Waals surface area contributed by atoms with E-state index in [0.717, 1.165) is 23.5 Å². The van der Waals surface area contributed by atoms with Gasteiger partial charge in [-0.2, -0.15) is 18.4 Å². The number of aliphatic hydroxyl groups excluding tert-OH is 1. The molecular formula is C17H7Cl2F3N2OS. The molecule has 0 atom stereocenters. The first kappa shape index (κ1) is 18.5. The topological polar surface area (TPSA) is 56.9 Å². The highest BCUT2D eigenvalue weighted by Crippen LogP contribution is 2.36. The van der Waals surface area contributed by atoms with Gasteiger partial charge in [-0.3, -0.25) is 0 Å². The van der Waals surface area contributed by atoms with Crippen molar-refractivity contribution >= 4 is 56.1 Å². The number of hydrogen-bond donors (Lipinski definition) is 1. The zero-order valence-corrected chi connectivity index (χ0v) is 14.9. The van der Waals surface area contributed by atoms with Gasteiger partial charge in [-0.1, -0.05) is 23.2 Å². The Bertz CT molecular complexity index is 1080. The number of fused-ring (bicyclic) bond motifs is 1. The van der Waals surface area contributed by atoms with Crippen LogP contribution >= 0.6 is 34.5 Å². The number of thiazole rings is 1. The minimum Gasteiger partial charge on any atom is -0.506 e. The number of alkyl halides is 3. The largest absolute Gasteiger partial charge is 0.506 e. The maximum atomic E-state index is 12.8. The minimum atomic E-state index is -4.50. The lowest BCUT2D eigenvalue weighted by molar-refractivity contribution is -0.137. The van der Waals surface area contributed by atoms with Crippen molar-refractivity contribution in [3.63, 3.8) is 0 Å². The van der Waals surface area contributed by atoms with Crippen LogP contribution in [0.4, 0.5) is 13.2 Å². The van der Waals surface area contributed by atoms with E-state index in [1.54, 1.807) is 0 Å². The second-order valence-electron chi connectivity index (χ2n) is 5.16. The number of benzene rings is 2. The predicted molar refractivity (Wildman–Crippen MR) is 96.1 cm³/mol. The Labute approximate surface area is 159 Å². The third kappa shape index (κ3) is 3.49. The standard InChI is InChI=1S/C17H7Cl2F3N2OS/c18-9-2-3-10(12(19)6-9)15(25)11(7-23)16-24-13-5-8(17(20,21)22)1-4-14(13)26-16/h1-6,25H. The van der Waals surface area contributed by atoms with Crippen molar-refractivity contribution in [2.45, 2.75) is 6.18 Å². The highest BCUT2D eigenvalue weighted by Gasteiger charge is 2.31. The molecule has 1 heterocycles. The number of hydrogen-bond acceptors (Lipinski definition) is 4. The minimum absolute atomic E-state index is 0.0857. The molecule has 9 heteroatoms. The van der Waals surface area contributed by atoms with Gasteiger partial charge in [0.05, 0.1) is 20.8 Å². The molecule has 0 aliphatic rings. The SMILES string of the molecule is N#CC(=C(O)c1ccc(Cl)cc1Cl)c1nc2cc(C(F)(F)F)ccc2s1. The number of aliphatic hydroxyl groups is 1. The summed E-state index contributed by atoms with van der Waals surface area (Å²) in [6.45, 7) is 0. The molecule has 0 radical (unpaired) electrons. The predicted octanol–water partition coefficient (Wildman–Crippen LogP) is 6.57. The van der Waals surface area contributed by atoms with Crippen molar-refractivity contribution in [2.75, 3.05) is 0 Å². The van der Waals surface area contributed by atoms with Crippen LogP contribution in [0.25, 0.3) is 21.5 Å². The molecule has 3 nitrogen and oxygen atoms in total. The number of aromatic nitrogens is 1. The van der Waals surface area contributed by atoms with Crippen LogP contribution in [0.15, 0.2) is 36.4 Å². The fourth-order valence-electron chi connectivity index (χ4n) is 2.23. The van der Waals surface area contributed by atoms with Crippen LogP contribution in [0.3, 0.4) is 0 Å². The van der Waals surface area contributed by atoms with Gasteiger partial charge >= 0.3 is 6.18 Å². The molecule has 0 fully saturated rings. The Balaban J connectivity index is 2.14. The van der Waals surface area contributed by atoms with Crippen molar-refractivity contribution in [2.24, 2.45) is 0 Å². The zero-order chi connectivity index (χ0) is 19.1. The molecule has 0 bridgehead atoms. The van der Waals surface area contributed by atoms with Crippen LogP contribution in [0.1, 0.15) is 16.1 Å². The highest BCUT2D eigenvalue weighted by atomic mass is 35.5. The first-order chi connectivity index (χ1) is 12.2. The van der Waals surface area contributed by atoms with Crippen molar-refractivity contribution in [1.82, 2.24) is 4.98 Å². The van der Waals surface area contributed by atoms with E-state index in [1.165, 1.54) is 24.3 Å². The Morgan fingerprint density at radius 1 is 1.15 bits per heavy atom. The van der Waals surface area contributed by atoms with Gasteiger partial charge in [-0.05, 0) is 36.4 Å². The fourth-order valence-corrected chi connectivity index (χ4v) is 3.67. The van der Waals surface area contributed by atoms with Crippen molar-refractivity contribution in [3.8, 4) is 6.07 Å². The molecule has 0 aliphatic heterocycles. The second-order valence-corrected chi connectivity index (χ2v) is 7.03. The van der Waals surface area contributed by atoms with E-state index in [1.807, 2.05) is 6.07 Å².